The van der Waals surface area contributed by atoms with Gasteiger partial charge in [0.05, 0.1) is 12.4 Å². The first-order valence-electron chi connectivity index (χ1n) is 8.17. The minimum atomic E-state index is -0.332. The molecular weight excluding hydrogens is 348 g/mol. The summed E-state index contributed by atoms with van der Waals surface area (Å²) in [5.41, 5.74) is 5.00. The van der Waals surface area contributed by atoms with Gasteiger partial charge in [-0.05, 0) is 55.7 Å². The number of carbonyl (C=O) groups is 1. The smallest absolute Gasteiger partial charge is 0.275 e. The molecular formula is C20H19ClN4O. The Morgan fingerprint density at radius 3 is 2.38 bits per heavy atom. The first-order valence-corrected chi connectivity index (χ1v) is 8.55. The van der Waals surface area contributed by atoms with E-state index in [0.29, 0.717) is 16.5 Å². The lowest BCUT2D eigenvalue weighted by molar-refractivity contribution is 0.102. The highest BCUT2D eigenvalue weighted by molar-refractivity contribution is 6.31. The molecule has 0 aliphatic carbocycles. The number of benzene rings is 2. The lowest BCUT2D eigenvalue weighted by atomic mass is 10.1. The van der Waals surface area contributed by atoms with Gasteiger partial charge in [-0.2, -0.15) is 0 Å². The monoisotopic (exact) mass is 366 g/mol. The van der Waals surface area contributed by atoms with Gasteiger partial charge < -0.3 is 10.6 Å². The van der Waals surface area contributed by atoms with Crippen molar-refractivity contribution in [2.45, 2.75) is 20.8 Å². The number of carbonyl (C=O) groups excluding carboxylic acids is 1. The Morgan fingerprint density at radius 2 is 1.65 bits per heavy atom. The number of anilines is 3. The third-order valence-electron chi connectivity index (χ3n) is 4.27. The maximum atomic E-state index is 12.4. The van der Waals surface area contributed by atoms with Gasteiger partial charge in [-0.15, -0.1) is 0 Å². The molecule has 0 atom stereocenters. The van der Waals surface area contributed by atoms with Gasteiger partial charge in [0.15, 0.2) is 0 Å². The number of amides is 1. The molecule has 1 heterocycles. The summed E-state index contributed by atoms with van der Waals surface area (Å²) in [7, 11) is 0. The Morgan fingerprint density at radius 1 is 0.923 bits per heavy atom. The third kappa shape index (κ3) is 3.83. The highest BCUT2D eigenvalue weighted by atomic mass is 35.5. The van der Waals surface area contributed by atoms with E-state index < -0.39 is 0 Å². The zero-order valence-electron chi connectivity index (χ0n) is 14.8. The average Bonchev–Trinajstić information content (AvgIpc) is 2.63. The van der Waals surface area contributed by atoms with Gasteiger partial charge >= 0.3 is 0 Å². The van der Waals surface area contributed by atoms with Crippen molar-refractivity contribution in [1.82, 2.24) is 9.97 Å². The largest absolute Gasteiger partial charge is 0.339 e. The van der Waals surface area contributed by atoms with Crippen molar-refractivity contribution >= 4 is 34.7 Å². The zero-order chi connectivity index (χ0) is 18.7. The van der Waals surface area contributed by atoms with E-state index in [4.69, 9.17) is 11.6 Å². The minimum absolute atomic E-state index is 0.232. The molecule has 0 spiro atoms. The predicted octanol–water partition coefficient (Wildman–Crippen LogP) is 5.05. The number of rotatable bonds is 4. The summed E-state index contributed by atoms with van der Waals surface area (Å²) in [6.07, 6.45) is 2.99. The molecule has 5 nitrogen and oxygen atoms in total. The molecule has 1 aromatic heterocycles. The van der Waals surface area contributed by atoms with Crippen LogP contribution in [0.15, 0.2) is 48.8 Å². The average molecular weight is 367 g/mol. The van der Waals surface area contributed by atoms with Crippen LogP contribution in [0.1, 0.15) is 27.2 Å². The quantitative estimate of drug-likeness (QED) is 0.678. The molecule has 2 N–H and O–H groups in total. The Kier molecular flexibility index (Phi) is 5.19. The number of nitrogens with one attached hydrogen (secondary N) is 2. The standard InChI is InChI=1S/C20H19ClN4O/c1-12-6-4-8-16(13(12)2)24-19-11-22-18(10-23-19)20(26)25-17-9-5-7-15(21)14(17)3/h4-11H,1-3H3,(H,23,24)(H,25,26). The van der Waals surface area contributed by atoms with Crippen LogP contribution in [0.3, 0.4) is 0 Å². The molecule has 0 fully saturated rings. The summed E-state index contributed by atoms with van der Waals surface area (Å²) in [4.78, 5) is 20.9. The topological polar surface area (TPSA) is 66.9 Å². The van der Waals surface area contributed by atoms with E-state index in [-0.39, 0.29) is 11.6 Å². The Balaban J connectivity index is 1.74. The van der Waals surface area contributed by atoms with Crippen LogP contribution in [0.25, 0.3) is 0 Å². The molecule has 3 aromatic rings. The molecule has 26 heavy (non-hydrogen) atoms. The van der Waals surface area contributed by atoms with Crippen LogP contribution in [0.4, 0.5) is 17.2 Å². The molecule has 3 rings (SSSR count). The first kappa shape index (κ1) is 17.9. The van der Waals surface area contributed by atoms with E-state index in [9.17, 15) is 4.79 Å². The fraction of sp³-hybridized carbons (Fsp3) is 0.150. The van der Waals surface area contributed by atoms with E-state index >= 15 is 0 Å². The van der Waals surface area contributed by atoms with Crippen LogP contribution in [0.2, 0.25) is 5.02 Å². The summed E-state index contributed by atoms with van der Waals surface area (Å²) in [5, 5.41) is 6.63. The van der Waals surface area contributed by atoms with Gasteiger partial charge in [0.2, 0.25) is 0 Å². The van der Waals surface area contributed by atoms with Crippen molar-refractivity contribution in [2.24, 2.45) is 0 Å². The summed E-state index contributed by atoms with van der Waals surface area (Å²) in [6.45, 7) is 5.94. The van der Waals surface area contributed by atoms with E-state index in [1.54, 1.807) is 24.4 Å². The molecule has 0 bridgehead atoms. The maximum absolute atomic E-state index is 12.4. The molecule has 0 radical (unpaired) electrons. The van der Waals surface area contributed by atoms with Crippen LogP contribution in [0, 0.1) is 20.8 Å². The van der Waals surface area contributed by atoms with Gasteiger partial charge in [-0.1, -0.05) is 29.8 Å². The maximum Gasteiger partial charge on any atom is 0.275 e. The third-order valence-corrected chi connectivity index (χ3v) is 4.68. The van der Waals surface area contributed by atoms with Gasteiger partial charge in [-0.25, -0.2) is 9.97 Å². The van der Waals surface area contributed by atoms with Crippen LogP contribution >= 0.6 is 11.6 Å². The van der Waals surface area contributed by atoms with Crippen molar-refractivity contribution in [1.29, 1.82) is 0 Å². The molecule has 1 amide bonds. The predicted molar refractivity (Wildman–Crippen MR) is 105 cm³/mol. The molecule has 2 aromatic carbocycles. The number of aryl methyl sites for hydroxylation is 1. The van der Waals surface area contributed by atoms with Gasteiger partial charge in [0.25, 0.3) is 5.91 Å². The Labute approximate surface area is 157 Å². The number of halogens is 1. The van der Waals surface area contributed by atoms with Gasteiger partial charge in [0, 0.05) is 16.4 Å². The summed E-state index contributed by atoms with van der Waals surface area (Å²) >= 11 is 6.08. The first-order chi connectivity index (χ1) is 12.5. The zero-order valence-corrected chi connectivity index (χ0v) is 15.6. The van der Waals surface area contributed by atoms with Crippen molar-refractivity contribution in [2.75, 3.05) is 10.6 Å². The number of hydrogen-bond donors (Lipinski definition) is 2. The second kappa shape index (κ2) is 7.54. The van der Waals surface area contributed by atoms with Crippen molar-refractivity contribution in [3.8, 4) is 0 Å². The fourth-order valence-corrected chi connectivity index (χ4v) is 2.64. The molecule has 0 aliphatic rings. The van der Waals surface area contributed by atoms with Crippen LogP contribution in [-0.4, -0.2) is 15.9 Å². The lowest BCUT2D eigenvalue weighted by Crippen LogP contribution is -2.15. The molecule has 132 valence electrons. The lowest BCUT2D eigenvalue weighted by Gasteiger charge is -2.11. The molecule has 0 saturated carbocycles. The summed E-state index contributed by atoms with van der Waals surface area (Å²) < 4.78 is 0. The van der Waals surface area contributed by atoms with Gasteiger partial charge in [0.1, 0.15) is 11.5 Å². The van der Waals surface area contributed by atoms with Crippen LogP contribution < -0.4 is 10.6 Å². The SMILES string of the molecule is Cc1cccc(Nc2cnc(C(=O)Nc3cccc(Cl)c3C)cn2)c1C. The molecule has 0 saturated heterocycles. The fourth-order valence-electron chi connectivity index (χ4n) is 2.46. The highest BCUT2D eigenvalue weighted by Gasteiger charge is 2.11. The van der Waals surface area contributed by atoms with E-state index in [1.807, 2.05) is 26.0 Å². The Hall–Kier alpha value is -2.92. The van der Waals surface area contributed by atoms with E-state index in [2.05, 4.69) is 33.6 Å². The van der Waals surface area contributed by atoms with Gasteiger partial charge in [-0.3, -0.25) is 4.79 Å². The van der Waals surface area contributed by atoms with Crippen molar-refractivity contribution < 1.29 is 4.79 Å². The summed E-state index contributed by atoms with van der Waals surface area (Å²) in [6, 6.07) is 11.4. The van der Waals surface area contributed by atoms with Crippen LogP contribution in [-0.2, 0) is 0 Å². The minimum Gasteiger partial charge on any atom is -0.339 e. The number of nitrogens with zero attached hydrogens (tertiary/aromatic N) is 2. The van der Waals surface area contributed by atoms with Crippen LogP contribution in [0.5, 0.6) is 0 Å². The second-order valence-electron chi connectivity index (χ2n) is 6.03. The highest BCUT2D eigenvalue weighted by Crippen LogP contribution is 2.24. The number of hydrogen-bond acceptors (Lipinski definition) is 4. The molecule has 0 unspecified atom stereocenters. The Bertz CT molecular complexity index is 955. The second-order valence-corrected chi connectivity index (χ2v) is 6.43. The van der Waals surface area contributed by atoms with Crippen molar-refractivity contribution in [3.05, 3.63) is 76.2 Å². The van der Waals surface area contributed by atoms with E-state index in [0.717, 1.165) is 16.8 Å². The van der Waals surface area contributed by atoms with E-state index in [1.165, 1.54) is 11.8 Å². The summed E-state index contributed by atoms with van der Waals surface area (Å²) in [5.74, 6) is 0.246. The normalized spacial score (nSPS) is 10.5. The number of aromatic nitrogens is 2. The molecule has 0 aliphatic heterocycles. The molecule has 6 heteroatoms. The van der Waals surface area contributed by atoms with Crippen molar-refractivity contribution in [3.63, 3.8) is 0 Å².